The minimum absolute atomic E-state index is 0.0747. The first-order valence-corrected chi connectivity index (χ1v) is 5.79. The van der Waals surface area contributed by atoms with Gasteiger partial charge in [-0.2, -0.15) is 0 Å². The topological polar surface area (TPSA) is 106 Å². The molecule has 20 heavy (non-hydrogen) atoms. The van der Waals surface area contributed by atoms with E-state index in [2.05, 4.69) is 4.42 Å². The number of amides is 1. The van der Waals surface area contributed by atoms with Crippen LogP contribution in [0.3, 0.4) is 0 Å². The van der Waals surface area contributed by atoms with Crippen molar-refractivity contribution < 1.29 is 28.6 Å². The first-order valence-electron chi connectivity index (χ1n) is 5.79. The van der Waals surface area contributed by atoms with Crippen molar-refractivity contribution in [2.45, 2.75) is 12.5 Å². The zero-order valence-electron chi connectivity index (χ0n) is 10.9. The lowest BCUT2D eigenvalue weighted by molar-refractivity contribution is -0.125. The van der Waals surface area contributed by atoms with Gasteiger partial charge in [0, 0.05) is 26.1 Å². The van der Waals surface area contributed by atoms with Crippen LogP contribution in [-0.2, 0) is 9.53 Å². The third-order valence-electron chi connectivity index (χ3n) is 3.04. The molecule has 1 atom stereocenters. The molecular weight excluding hydrogens is 270 g/mol. The number of carboxylic acids is 1. The van der Waals surface area contributed by atoms with Gasteiger partial charge in [0.2, 0.25) is 11.5 Å². The molecule has 0 aromatic carbocycles. The van der Waals surface area contributed by atoms with Gasteiger partial charge in [-0.05, 0) is 0 Å². The summed E-state index contributed by atoms with van der Waals surface area (Å²) in [6, 6.07) is 1.10. The Hall–Kier alpha value is -2.35. The summed E-state index contributed by atoms with van der Waals surface area (Å²) in [5.41, 5.74) is -0.873. The van der Waals surface area contributed by atoms with E-state index in [1.54, 1.807) is 0 Å². The smallest absolute Gasteiger partial charge is 0.381 e. The average Bonchev–Trinajstić information content (AvgIpc) is 2.78. The molecule has 2 rings (SSSR count). The molecule has 0 bridgehead atoms. The Morgan fingerprint density at radius 3 is 2.65 bits per heavy atom. The van der Waals surface area contributed by atoms with E-state index >= 15 is 0 Å². The Labute approximate surface area is 113 Å². The number of rotatable bonds is 4. The summed E-state index contributed by atoms with van der Waals surface area (Å²) in [5.74, 6) is -2.52. The van der Waals surface area contributed by atoms with Gasteiger partial charge in [0.15, 0.2) is 0 Å². The third kappa shape index (κ3) is 2.25. The highest BCUT2D eigenvalue weighted by Crippen LogP contribution is 2.30. The minimum atomic E-state index is -1.40. The second kappa shape index (κ2) is 5.33. The molecule has 8 heteroatoms. The second-order valence-electron chi connectivity index (χ2n) is 4.12. The number of carbonyl (C=O) groups is 2. The van der Waals surface area contributed by atoms with Crippen molar-refractivity contribution in [2.24, 2.45) is 0 Å². The Kier molecular flexibility index (Phi) is 3.75. The minimum Gasteiger partial charge on any atom is -0.488 e. The van der Waals surface area contributed by atoms with Gasteiger partial charge in [0.05, 0.1) is 12.8 Å². The van der Waals surface area contributed by atoms with Gasteiger partial charge in [-0.25, -0.2) is 9.59 Å². The van der Waals surface area contributed by atoms with Crippen LogP contribution in [0.4, 0.5) is 5.69 Å². The molecule has 1 saturated heterocycles. The van der Waals surface area contributed by atoms with Gasteiger partial charge >= 0.3 is 11.6 Å². The molecule has 0 aliphatic carbocycles. The van der Waals surface area contributed by atoms with Crippen LogP contribution < -0.4 is 15.3 Å². The van der Waals surface area contributed by atoms with E-state index in [1.807, 2.05) is 0 Å². The van der Waals surface area contributed by atoms with Crippen molar-refractivity contribution in [1.29, 1.82) is 0 Å². The summed E-state index contributed by atoms with van der Waals surface area (Å²) in [7, 11) is 2.65. The lowest BCUT2D eigenvalue weighted by Gasteiger charge is -2.18. The standard InChI is InChI=1S/C12H13NO7/c1-18-7-3-4-13(10(7)14)6-5-8(11(15)16)20-12(17)9(6)19-2/h5,7H,3-4H2,1-2H3,(H,15,16)/t7-/m1/s1. The van der Waals surface area contributed by atoms with Crippen LogP contribution in [0.15, 0.2) is 15.3 Å². The van der Waals surface area contributed by atoms with Crippen molar-refractivity contribution in [3.05, 3.63) is 22.2 Å². The van der Waals surface area contributed by atoms with E-state index in [-0.39, 0.29) is 17.3 Å². The van der Waals surface area contributed by atoms with Crippen LogP contribution in [0.5, 0.6) is 5.75 Å². The van der Waals surface area contributed by atoms with E-state index < -0.39 is 23.5 Å². The van der Waals surface area contributed by atoms with Crippen molar-refractivity contribution >= 4 is 17.6 Å². The predicted molar refractivity (Wildman–Crippen MR) is 66.3 cm³/mol. The zero-order chi connectivity index (χ0) is 14.9. The lowest BCUT2D eigenvalue weighted by Crippen LogP contribution is -2.31. The molecule has 1 aliphatic rings. The van der Waals surface area contributed by atoms with Gasteiger partial charge in [-0.1, -0.05) is 0 Å². The van der Waals surface area contributed by atoms with E-state index in [9.17, 15) is 14.4 Å². The fourth-order valence-corrected chi connectivity index (χ4v) is 2.08. The van der Waals surface area contributed by atoms with Crippen molar-refractivity contribution in [2.75, 3.05) is 25.7 Å². The molecule has 1 fully saturated rings. The fraction of sp³-hybridized carbons (Fsp3) is 0.417. The van der Waals surface area contributed by atoms with Gasteiger partial charge in [-0.15, -0.1) is 0 Å². The number of hydrogen-bond donors (Lipinski definition) is 1. The number of methoxy groups -OCH3 is 2. The zero-order valence-corrected chi connectivity index (χ0v) is 10.9. The highest BCUT2D eigenvalue weighted by Gasteiger charge is 2.35. The number of ether oxygens (including phenoxy) is 2. The molecule has 1 aromatic heterocycles. The summed E-state index contributed by atoms with van der Waals surface area (Å²) >= 11 is 0. The summed E-state index contributed by atoms with van der Waals surface area (Å²) in [5, 5.41) is 8.90. The Morgan fingerprint density at radius 2 is 2.15 bits per heavy atom. The van der Waals surface area contributed by atoms with E-state index in [4.69, 9.17) is 14.6 Å². The number of carbonyl (C=O) groups excluding carboxylic acids is 1. The summed E-state index contributed by atoms with van der Waals surface area (Å²) < 4.78 is 14.5. The Balaban J connectivity index is 2.52. The Morgan fingerprint density at radius 1 is 1.45 bits per heavy atom. The van der Waals surface area contributed by atoms with Gasteiger partial charge in [-0.3, -0.25) is 4.79 Å². The van der Waals surface area contributed by atoms with Crippen LogP contribution in [0.1, 0.15) is 17.0 Å². The number of carboxylic acid groups (broad SMARTS) is 1. The molecule has 0 radical (unpaired) electrons. The highest BCUT2D eigenvalue weighted by atomic mass is 16.5. The number of anilines is 1. The van der Waals surface area contributed by atoms with Crippen LogP contribution in [0.2, 0.25) is 0 Å². The summed E-state index contributed by atoms with van der Waals surface area (Å²) in [6.07, 6.45) is -0.165. The number of aromatic carboxylic acids is 1. The second-order valence-corrected chi connectivity index (χ2v) is 4.12. The quantitative estimate of drug-likeness (QED) is 0.835. The van der Waals surface area contributed by atoms with Gasteiger partial charge in [0.1, 0.15) is 6.10 Å². The maximum absolute atomic E-state index is 12.1. The maximum atomic E-state index is 12.1. The average molecular weight is 283 g/mol. The first-order chi connectivity index (χ1) is 9.49. The van der Waals surface area contributed by atoms with Crippen LogP contribution in [0.25, 0.3) is 0 Å². The normalized spacial score (nSPS) is 18.4. The van der Waals surface area contributed by atoms with Crippen LogP contribution in [0, 0.1) is 0 Å². The molecule has 1 aliphatic heterocycles. The summed E-state index contributed by atoms with van der Waals surface area (Å²) in [6.45, 7) is 0.302. The molecule has 1 amide bonds. The Bertz CT molecular complexity index is 606. The molecular formula is C12H13NO7. The third-order valence-corrected chi connectivity index (χ3v) is 3.04. The van der Waals surface area contributed by atoms with E-state index in [0.29, 0.717) is 13.0 Å². The van der Waals surface area contributed by atoms with Crippen molar-refractivity contribution in [1.82, 2.24) is 0 Å². The van der Waals surface area contributed by atoms with E-state index in [0.717, 1.165) is 6.07 Å². The molecule has 1 N–H and O–H groups in total. The SMILES string of the molecule is COc1c(N2CC[C@@H](OC)C2=O)cc(C(=O)O)oc1=O. The van der Waals surface area contributed by atoms with Crippen molar-refractivity contribution in [3.8, 4) is 5.75 Å². The van der Waals surface area contributed by atoms with Crippen molar-refractivity contribution in [3.63, 3.8) is 0 Å². The predicted octanol–water partition coefficient (Wildman–Crippen LogP) is 0.0983. The van der Waals surface area contributed by atoms with Gasteiger partial charge < -0.3 is 23.9 Å². The fourth-order valence-electron chi connectivity index (χ4n) is 2.08. The van der Waals surface area contributed by atoms with Crippen LogP contribution >= 0.6 is 0 Å². The molecule has 0 spiro atoms. The van der Waals surface area contributed by atoms with Gasteiger partial charge in [0.25, 0.3) is 5.91 Å². The van der Waals surface area contributed by atoms with Crippen LogP contribution in [-0.4, -0.2) is 43.9 Å². The lowest BCUT2D eigenvalue weighted by atomic mass is 10.3. The molecule has 8 nitrogen and oxygen atoms in total. The highest BCUT2D eigenvalue weighted by molar-refractivity contribution is 6.00. The number of hydrogen-bond acceptors (Lipinski definition) is 6. The molecule has 0 saturated carbocycles. The maximum Gasteiger partial charge on any atom is 0.381 e. The number of nitrogens with zero attached hydrogens (tertiary/aromatic N) is 1. The molecule has 2 heterocycles. The van der Waals surface area contributed by atoms with E-state index in [1.165, 1.54) is 19.1 Å². The molecule has 1 aromatic rings. The summed E-state index contributed by atoms with van der Waals surface area (Å²) in [4.78, 5) is 35.9. The largest absolute Gasteiger partial charge is 0.488 e. The molecule has 0 unspecified atom stereocenters. The molecule has 108 valence electrons. The first kappa shape index (κ1) is 14.1. The monoisotopic (exact) mass is 283 g/mol.